The van der Waals surface area contributed by atoms with Gasteiger partial charge in [0.15, 0.2) is 5.54 Å². The lowest BCUT2D eigenvalue weighted by atomic mass is 9.83. The molecule has 1 atom stereocenters. The van der Waals surface area contributed by atoms with E-state index < -0.39 is 11.6 Å². The zero-order valence-electron chi connectivity index (χ0n) is 16.3. The van der Waals surface area contributed by atoms with Crippen molar-refractivity contribution in [2.24, 2.45) is 0 Å². The van der Waals surface area contributed by atoms with Crippen molar-refractivity contribution in [3.63, 3.8) is 0 Å². The monoisotopic (exact) mass is 354 g/mol. The van der Waals surface area contributed by atoms with Crippen LogP contribution in [0.15, 0.2) is 34.9 Å². The van der Waals surface area contributed by atoms with Crippen LogP contribution in [0.4, 0.5) is 4.79 Å². The molecule has 5 heteroatoms. The number of hydrogen-bond acceptors (Lipinski definition) is 3. The fraction of sp³-hybridized carbons (Fsp3) is 0.429. The average Bonchev–Trinajstić information content (AvgIpc) is 3.13. The first-order valence-corrected chi connectivity index (χ1v) is 8.83. The number of amides is 3. The molecule has 1 unspecified atom stereocenters. The lowest BCUT2D eigenvalue weighted by molar-refractivity contribution is -0.132. The third kappa shape index (κ3) is 2.91. The van der Waals surface area contributed by atoms with E-state index in [0.717, 1.165) is 16.7 Å². The molecule has 1 aliphatic rings. The van der Waals surface area contributed by atoms with E-state index in [1.54, 1.807) is 19.1 Å². The first kappa shape index (κ1) is 18.2. The lowest BCUT2D eigenvalue weighted by Gasteiger charge is -2.24. The Kier molecular flexibility index (Phi) is 4.21. The normalized spacial score (nSPS) is 20.6. The van der Waals surface area contributed by atoms with Gasteiger partial charge < -0.3 is 9.73 Å². The van der Waals surface area contributed by atoms with Gasteiger partial charge in [-0.15, -0.1) is 0 Å². The lowest BCUT2D eigenvalue weighted by Crippen LogP contribution is -2.40. The molecule has 1 aromatic heterocycles. The molecule has 0 bridgehead atoms. The maximum atomic E-state index is 13.0. The van der Waals surface area contributed by atoms with Gasteiger partial charge in [-0.25, -0.2) is 4.79 Å². The van der Waals surface area contributed by atoms with Crippen molar-refractivity contribution in [1.82, 2.24) is 10.2 Å². The number of nitrogens with one attached hydrogen (secondary N) is 1. The van der Waals surface area contributed by atoms with Gasteiger partial charge in [0.1, 0.15) is 5.76 Å². The minimum Gasteiger partial charge on any atom is -0.466 e. The molecule has 1 aromatic carbocycles. The van der Waals surface area contributed by atoms with Crippen molar-refractivity contribution in [1.29, 1.82) is 0 Å². The number of rotatable bonds is 3. The molecule has 3 rings (SSSR count). The van der Waals surface area contributed by atoms with E-state index in [1.165, 1.54) is 16.7 Å². The van der Waals surface area contributed by atoms with Crippen LogP contribution < -0.4 is 5.32 Å². The Morgan fingerprint density at radius 1 is 1.15 bits per heavy atom. The van der Waals surface area contributed by atoms with E-state index in [4.69, 9.17) is 4.42 Å². The highest BCUT2D eigenvalue weighted by molar-refractivity contribution is 6.06. The van der Waals surface area contributed by atoms with Crippen LogP contribution in [0, 0.1) is 13.8 Å². The predicted octanol–water partition coefficient (Wildman–Crippen LogP) is 4.16. The summed E-state index contributed by atoms with van der Waals surface area (Å²) in [4.78, 5) is 26.7. The highest BCUT2D eigenvalue weighted by Crippen LogP contribution is 2.32. The third-order valence-corrected chi connectivity index (χ3v) is 5.17. The predicted molar refractivity (Wildman–Crippen MR) is 99.8 cm³/mol. The van der Waals surface area contributed by atoms with Gasteiger partial charge in [0.05, 0.1) is 12.8 Å². The maximum Gasteiger partial charge on any atom is 0.325 e. The molecule has 26 heavy (non-hydrogen) atoms. The van der Waals surface area contributed by atoms with Crippen molar-refractivity contribution in [2.75, 3.05) is 0 Å². The molecule has 2 aromatic rings. The second-order valence-electron chi connectivity index (χ2n) is 8.26. The molecule has 0 spiro atoms. The number of hydrogen-bond donors (Lipinski definition) is 1. The molecule has 1 saturated heterocycles. The number of carbonyl (C=O) groups excluding carboxylic acids is 2. The first-order chi connectivity index (χ1) is 12.0. The Morgan fingerprint density at radius 2 is 1.77 bits per heavy atom. The Bertz CT molecular complexity index is 839. The van der Waals surface area contributed by atoms with Gasteiger partial charge in [-0.05, 0) is 60.6 Å². The standard InChI is InChI=1S/C21H26N2O3/c1-13-10-15(20(3,4)5)11-14(2)16(13)12-23-18(24)21(6,22-19(23)25)17-8-7-9-26-17/h7-11H,12H2,1-6H3,(H,22,25). The highest BCUT2D eigenvalue weighted by atomic mass is 16.3. The summed E-state index contributed by atoms with van der Waals surface area (Å²) < 4.78 is 5.38. The van der Waals surface area contributed by atoms with Gasteiger partial charge >= 0.3 is 6.03 Å². The van der Waals surface area contributed by atoms with Crippen molar-refractivity contribution < 1.29 is 14.0 Å². The van der Waals surface area contributed by atoms with Gasteiger partial charge in [-0.3, -0.25) is 9.69 Å². The van der Waals surface area contributed by atoms with Gasteiger partial charge in [0.25, 0.3) is 5.91 Å². The van der Waals surface area contributed by atoms with Crippen LogP contribution >= 0.6 is 0 Å². The van der Waals surface area contributed by atoms with Crippen molar-refractivity contribution in [3.8, 4) is 0 Å². The molecule has 0 aliphatic carbocycles. The molecule has 2 heterocycles. The number of furan rings is 1. The smallest absolute Gasteiger partial charge is 0.325 e. The first-order valence-electron chi connectivity index (χ1n) is 8.83. The van der Waals surface area contributed by atoms with Gasteiger partial charge in [-0.2, -0.15) is 0 Å². The Labute approximate surface area is 154 Å². The number of urea groups is 1. The van der Waals surface area contributed by atoms with Crippen LogP contribution in [0.3, 0.4) is 0 Å². The van der Waals surface area contributed by atoms with Gasteiger partial charge in [0.2, 0.25) is 0 Å². The number of aryl methyl sites for hydroxylation is 2. The molecule has 1 aliphatic heterocycles. The largest absolute Gasteiger partial charge is 0.466 e. The van der Waals surface area contributed by atoms with Crippen LogP contribution in [-0.2, 0) is 22.3 Å². The summed E-state index contributed by atoms with van der Waals surface area (Å²) in [6.07, 6.45) is 1.50. The van der Waals surface area contributed by atoms with E-state index >= 15 is 0 Å². The molecule has 1 fully saturated rings. The van der Waals surface area contributed by atoms with Crippen molar-refractivity contribution in [3.05, 3.63) is 58.5 Å². The highest BCUT2D eigenvalue weighted by Gasteiger charge is 2.51. The second kappa shape index (κ2) is 6.01. The molecular weight excluding hydrogens is 328 g/mol. The third-order valence-electron chi connectivity index (χ3n) is 5.17. The summed E-state index contributed by atoms with van der Waals surface area (Å²) in [6, 6.07) is 7.31. The molecule has 1 N–H and O–H groups in total. The van der Waals surface area contributed by atoms with Crippen molar-refractivity contribution >= 4 is 11.9 Å². The van der Waals surface area contributed by atoms with Gasteiger partial charge in [-0.1, -0.05) is 32.9 Å². The molecule has 138 valence electrons. The minimum atomic E-state index is -1.16. The van der Waals surface area contributed by atoms with E-state index in [9.17, 15) is 9.59 Å². The van der Waals surface area contributed by atoms with Crippen LogP contribution in [0.25, 0.3) is 0 Å². The van der Waals surface area contributed by atoms with Crippen LogP contribution in [0.5, 0.6) is 0 Å². The second-order valence-corrected chi connectivity index (χ2v) is 8.26. The Balaban J connectivity index is 1.93. The molecule has 5 nitrogen and oxygen atoms in total. The summed E-state index contributed by atoms with van der Waals surface area (Å²) in [7, 11) is 0. The zero-order chi connectivity index (χ0) is 19.3. The van der Waals surface area contributed by atoms with Crippen LogP contribution in [-0.4, -0.2) is 16.8 Å². The van der Waals surface area contributed by atoms with Gasteiger partial charge in [0, 0.05) is 0 Å². The quantitative estimate of drug-likeness (QED) is 0.842. The summed E-state index contributed by atoms with van der Waals surface area (Å²) >= 11 is 0. The van der Waals surface area contributed by atoms with E-state index in [1.807, 2.05) is 13.8 Å². The van der Waals surface area contributed by atoms with Crippen LogP contribution in [0.2, 0.25) is 0 Å². The summed E-state index contributed by atoms with van der Waals surface area (Å²) in [5, 5.41) is 2.77. The molecule has 3 amide bonds. The fourth-order valence-electron chi connectivity index (χ4n) is 3.40. The number of imide groups is 1. The number of benzene rings is 1. The Hall–Kier alpha value is -2.56. The van der Waals surface area contributed by atoms with E-state index in [-0.39, 0.29) is 17.9 Å². The van der Waals surface area contributed by atoms with Crippen molar-refractivity contribution in [2.45, 2.75) is 59.0 Å². The maximum absolute atomic E-state index is 13.0. The molecule has 0 radical (unpaired) electrons. The fourth-order valence-corrected chi connectivity index (χ4v) is 3.40. The number of nitrogens with zero attached hydrogens (tertiary/aromatic N) is 1. The van der Waals surface area contributed by atoms with E-state index in [2.05, 4.69) is 38.2 Å². The summed E-state index contributed by atoms with van der Waals surface area (Å²) in [5.74, 6) is 0.144. The van der Waals surface area contributed by atoms with Crippen LogP contribution in [0.1, 0.15) is 55.7 Å². The summed E-state index contributed by atoms with van der Waals surface area (Å²) in [6.45, 7) is 12.5. The zero-order valence-corrected chi connectivity index (χ0v) is 16.3. The number of carbonyl (C=O) groups is 2. The summed E-state index contributed by atoms with van der Waals surface area (Å²) in [5.41, 5.74) is 3.31. The molecule has 0 saturated carbocycles. The Morgan fingerprint density at radius 3 is 2.27 bits per heavy atom. The molecular formula is C21H26N2O3. The van der Waals surface area contributed by atoms with E-state index in [0.29, 0.717) is 5.76 Å². The average molecular weight is 354 g/mol. The topological polar surface area (TPSA) is 62.6 Å². The minimum absolute atomic E-state index is 0.0484. The SMILES string of the molecule is Cc1cc(C(C)(C)C)cc(C)c1CN1C(=O)NC(C)(c2ccco2)C1=O.